The van der Waals surface area contributed by atoms with E-state index < -0.39 is 0 Å². The molecule has 0 saturated carbocycles. The third-order valence-corrected chi connectivity index (χ3v) is 4.11. The maximum atomic E-state index is 12.9. The molecule has 24 heavy (non-hydrogen) atoms. The van der Waals surface area contributed by atoms with Crippen molar-refractivity contribution in [3.63, 3.8) is 0 Å². The summed E-state index contributed by atoms with van der Waals surface area (Å²) in [4.78, 5) is 34.7. The molecular weight excluding hydrogens is 308 g/mol. The van der Waals surface area contributed by atoms with E-state index in [4.69, 9.17) is 5.73 Å². The Morgan fingerprint density at radius 1 is 1.46 bits per heavy atom. The molecule has 8 heteroatoms. The molecule has 1 amide bonds. The standard InChI is InChI=1S/C16H18N6O2/c1-4-5-12(23)20-7-6-11(8-20)22-15-13(14(17)18-9-19-15)21(10(2)3)16(22)24/h9,11H,2,6-8H2,1,3H3,(H2,17,18,19). The Balaban J connectivity index is 2.11. The highest BCUT2D eigenvalue weighted by Gasteiger charge is 2.31. The van der Waals surface area contributed by atoms with Crippen LogP contribution in [-0.2, 0) is 4.79 Å². The summed E-state index contributed by atoms with van der Waals surface area (Å²) in [5.74, 6) is 5.13. The molecule has 0 aliphatic carbocycles. The number of rotatable bonds is 2. The van der Waals surface area contributed by atoms with Crippen LogP contribution < -0.4 is 11.4 Å². The van der Waals surface area contributed by atoms with Crippen molar-refractivity contribution in [3.8, 4) is 11.8 Å². The largest absolute Gasteiger partial charge is 0.382 e. The van der Waals surface area contributed by atoms with Gasteiger partial charge in [-0.2, -0.15) is 0 Å². The van der Waals surface area contributed by atoms with Gasteiger partial charge in [0.25, 0.3) is 5.91 Å². The first-order valence-electron chi connectivity index (χ1n) is 7.56. The van der Waals surface area contributed by atoms with Crippen LogP contribution in [0, 0.1) is 11.8 Å². The summed E-state index contributed by atoms with van der Waals surface area (Å²) in [6.07, 6.45) is 1.98. The summed E-state index contributed by atoms with van der Waals surface area (Å²) in [5.41, 5.74) is 7.11. The SMILES string of the molecule is C=C(C)n1c(=O)n(C2CCN(C(=O)C#CC)C2)c2ncnc(N)c21. The van der Waals surface area contributed by atoms with Crippen LogP contribution in [0.5, 0.6) is 0 Å². The van der Waals surface area contributed by atoms with Gasteiger partial charge >= 0.3 is 5.69 Å². The third kappa shape index (κ3) is 2.34. The summed E-state index contributed by atoms with van der Waals surface area (Å²) >= 11 is 0. The van der Waals surface area contributed by atoms with Gasteiger partial charge in [-0.15, -0.1) is 0 Å². The Labute approximate surface area is 138 Å². The molecular formula is C16H18N6O2. The molecule has 0 aromatic carbocycles. The molecule has 1 aliphatic heterocycles. The lowest BCUT2D eigenvalue weighted by Crippen LogP contribution is -2.31. The molecule has 8 nitrogen and oxygen atoms in total. The number of amides is 1. The fraction of sp³-hybridized carbons (Fsp3) is 0.375. The lowest BCUT2D eigenvalue weighted by Gasteiger charge is -2.14. The van der Waals surface area contributed by atoms with Crippen LogP contribution in [-0.4, -0.2) is 43.0 Å². The van der Waals surface area contributed by atoms with Crippen molar-refractivity contribution in [3.05, 3.63) is 23.4 Å². The predicted octanol–water partition coefficient (Wildman–Crippen LogP) is 0.463. The number of nitrogens with two attached hydrogens (primary N) is 1. The van der Waals surface area contributed by atoms with Crippen molar-refractivity contribution in [1.29, 1.82) is 0 Å². The molecule has 1 saturated heterocycles. The van der Waals surface area contributed by atoms with Gasteiger partial charge in [-0.1, -0.05) is 12.5 Å². The van der Waals surface area contributed by atoms with Crippen LogP contribution in [0.2, 0.25) is 0 Å². The number of allylic oxidation sites excluding steroid dienone is 1. The van der Waals surface area contributed by atoms with Crippen LogP contribution >= 0.6 is 0 Å². The van der Waals surface area contributed by atoms with Gasteiger partial charge in [0, 0.05) is 18.8 Å². The topological polar surface area (TPSA) is 99.0 Å². The predicted molar refractivity (Wildman–Crippen MR) is 90.9 cm³/mol. The normalized spacial score (nSPS) is 16.9. The second-order valence-corrected chi connectivity index (χ2v) is 5.72. The number of likely N-dealkylation sites (tertiary alicyclic amines) is 1. The van der Waals surface area contributed by atoms with E-state index >= 15 is 0 Å². The van der Waals surface area contributed by atoms with E-state index in [0.29, 0.717) is 36.4 Å². The highest BCUT2D eigenvalue weighted by Crippen LogP contribution is 2.26. The molecule has 1 atom stereocenters. The van der Waals surface area contributed by atoms with E-state index in [1.165, 1.54) is 10.9 Å². The van der Waals surface area contributed by atoms with Crippen molar-refractivity contribution in [2.45, 2.75) is 26.3 Å². The summed E-state index contributed by atoms with van der Waals surface area (Å²) < 4.78 is 3.00. The van der Waals surface area contributed by atoms with Crippen molar-refractivity contribution < 1.29 is 4.79 Å². The minimum Gasteiger partial charge on any atom is -0.382 e. The van der Waals surface area contributed by atoms with Gasteiger partial charge in [-0.25, -0.2) is 14.8 Å². The summed E-state index contributed by atoms with van der Waals surface area (Å²) in [6.45, 7) is 8.14. The second-order valence-electron chi connectivity index (χ2n) is 5.72. The number of anilines is 1. The van der Waals surface area contributed by atoms with Gasteiger partial charge in [-0.3, -0.25) is 13.9 Å². The number of nitrogens with zero attached hydrogens (tertiary/aromatic N) is 5. The van der Waals surface area contributed by atoms with E-state index in [2.05, 4.69) is 28.4 Å². The molecule has 3 rings (SSSR count). The zero-order chi connectivity index (χ0) is 17.4. The van der Waals surface area contributed by atoms with Crippen molar-refractivity contribution >= 4 is 28.6 Å². The average molecular weight is 326 g/mol. The van der Waals surface area contributed by atoms with E-state index in [9.17, 15) is 9.59 Å². The Morgan fingerprint density at radius 3 is 2.88 bits per heavy atom. The number of carbonyl (C=O) groups excluding carboxylic acids is 1. The first-order chi connectivity index (χ1) is 11.5. The molecule has 2 aromatic heterocycles. The lowest BCUT2D eigenvalue weighted by atomic mass is 10.2. The molecule has 1 fully saturated rings. The first kappa shape index (κ1) is 15.8. The number of nitrogen functional groups attached to an aromatic ring is 1. The number of carbonyl (C=O) groups is 1. The Morgan fingerprint density at radius 2 is 2.21 bits per heavy atom. The number of fused-ring (bicyclic) bond motifs is 1. The van der Waals surface area contributed by atoms with E-state index in [1.807, 2.05) is 0 Å². The smallest absolute Gasteiger partial charge is 0.335 e. The lowest BCUT2D eigenvalue weighted by molar-refractivity contribution is -0.124. The molecule has 1 unspecified atom stereocenters. The van der Waals surface area contributed by atoms with Crippen molar-refractivity contribution in [1.82, 2.24) is 24.0 Å². The van der Waals surface area contributed by atoms with Crippen LogP contribution in [0.25, 0.3) is 16.9 Å². The fourth-order valence-electron chi connectivity index (χ4n) is 3.07. The Hall–Kier alpha value is -3.08. The maximum absolute atomic E-state index is 12.9. The first-order valence-corrected chi connectivity index (χ1v) is 7.56. The number of aromatic nitrogens is 4. The van der Waals surface area contributed by atoms with Crippen molar-refractivity contribution in [2.75, 3.05) is 18.8 Å². The molecule has 0 bridgehead atoms. The van der Waals surface area contributed by atoms with Gasteiger partial charge < -0.3 is 10.6 Å². The molecule has 3 heterocycles. The minimum atomic E-state index is -0.273. The zero-order valence-electron chi connectivity index (χ0n) is 13.6. The average Bonchev–Trinajstić information content (AvgIpc) is 3.10. The molecule has 2 aromatic rings. The highest BCUT2D eigenvalue weighted by molar-refractivity contribution is 5.93. The Kier molecular flexibility index (Phi) is 3.85. The Bertz CT molecular complexity index is 959. The number of hydrogen-bond acceptors (Lipinski definition) is 5. The van der Waals surface area contributed by atoms with Crippen molar-refractivity contribution in [2.24, 2.45) is 0 Å². The van der Waals surface area contributed by atoms with E-state index in [0.717, 1.165) is 0 Å². The van der Waals surface area contributed by atoms with E-state index in [-0.39, 0.29) is 23.5 Å². The van der Waals surface area contributed by atoms with Crippen LogP contribution in [0.4, 0.5) is 5.82 Å². The van der Waals surface area contributed by atoms with Gasteiger partial charge in [0.05, 0.1) is 6.04 Å². The maximum Gasteiger partial charge on any atom is 0.335 e. The fourth-order valence-corrected chi connectivity index (χ4v) is 3.07. The number of hydrogen-bond donors (Lipinski definition) is 1. The van der Waals surface area contributed by atoms with Gasteiger partial charge in [0.2, 0.25) is 0 Å². The monoisotopic (exact) mass is 326 g/mol. The quantitative estimate of drug-likeness (QED) is 0.809. The molecule has 0 radical (unpaired) electrons. The van der Waals surface area contributed by atoms with Crippen LogP contribution in [0.1, 0.15) is 26.3 Å². The van der Waals surface area contributed by atoms with E-state index in [1.54, 1.807) is 23.3 Å². The van der Waals surface area contributed by atoms with Gasteiger partial charge in [0.15, 0.2) is 11.5 Å². The second kappa shape index (κ2) is 5.85. The van der Waals surface area contributed by atoms with Gasteiger partial charge in [0.1, 0.15) is 11.8 Å². The minimum absolute atomic E-state index is 0.183. The summed E-state index contributed by atoms with van der Waals surface area (Å²) in [6, 6.07) is -0.183. The van der Waals surface area contributed by atoms with Gasteiger partial charge in [-0.05, 0) is 26.2 Å². The molecule has 2 N–H and O–H groups in total. The zero-order valence-corrected chi connectivity index (χ0v) is 13.6. The van der Waals surface area contributed by atoms with Crippen LogP contribution in [0.15, 0.2) is 17.7 Å². The third-order valence-electron chi connectivity index (χ3n) is 4.11. The summed E-state index contributed by atoms with van der Waals surface area (Å²) in [7, 11) is 0. The summed E-state index contributed by atoms with van der Waals surface area (Å²) in [5, 5.41) is 0. The molecule has 124 valence electrons. The highest BCUT2D eigenvalue weighted by atomic mass is 16.2. The molecule has 0 spiro atoms. The molecule has 1 aliphatic rings. The number of imidazole rings is 1. The van der Waals surface area contributed by atoms with Crippen LogP contribution in [0.3, 0.4) is 0 Å².